The molecule has 16 heavy (non-hydrogen) atoms. The lowest BCUT2D eigenvalue weighted by atomic mass is 9.58. The van der Waals surface area contributed by atoms with E-state index >= 15 is 0 Å². The standard InChI is InChI=1S/C16H32/c1-12(2)9-16(10-13(3)4)11-14(5)7-8-15(16)6/h12-15H,7-11H2,1-6H3. The third-order valence-electron chi connectivity index (χ3n) is 4.52. The van der Waals surface area contributed by atoms with Crippen molar-refractivity contribution in [2.75, 3.05) is 0 Å². The summed E-state index contributed by atoms with van der Waals surface area (Å²) in [6.45, 7) is 14.6. The first-order valence-electron chi connectivity index (χ1n) is 7.35. The predicted octanol–water partition coefficient (Wildman–Crippen LogP) is 5.52. The summed E-state index contributed by atoms with van der Waals surface area (Å²) in [5, 5.41) is 0. The average Bonchev–Trinajstić information content (AvgIpc) is 2.09. The minimum Gasteiger partial charge on any atom is -0.0628 e. The lowest BCUT2D eigenvalue weighted by Crippen LogP contribution is -2.37. The van der Waals surface area contributed by atoms with Crippen LogP contribution in [0.2, 0.25) is 0 Å². The summed E-state index contributed by atoms with van der Waals surface area (Å²) >= 11 is 0. The molecule has 0 aliphatic heterocycles. The number of hydrogen-bond donors (Lipinski definition) is 0. The van der Waals surface area contributed by atoms with Gasteiger partial charge in [-0.3, -0.25) is 0 Å². The molecule has 1 rings (SSSR count). The van der Waals surface area contributed by atoms with Crippen molar-refractivity contribution in [3.8, 4) is 0 Å². The van der Waals surface area contributed by atoms with E-state index in [0.717, 1.165) is 23.7 Å². The Hall–Kier alpha value is 0. The Bertz CT molecular complexity index is 187. The Morgan fingerprint density at radius 2 is 1.44 bits per heavy atom. The van der Waals surface area contributed by atoms with Crippen LogP contribution in [0.15, 0.2) is 0 Å². The lowest BCUT2D eigenvalue weighted by Gasteiger charge is -2.47. The van der Waals surface area contributed by atoms with Gasteiger partial charge in [0.2, 0.25) is 0 Å². The first-order valence-corrected chi connectivity index (χ1v) is 7.35. The minimum atomic E-state index is 0.653. The second-order valence-corrected chi connectivity index (χ2v) is 7.35. The van der Waals surface area contributed by atoms with E-state index in [2.05, 4.69) is 41.5 Å². The molecule has 0 saturated heterocycles. The van der Waals surface area contributed by atoms with Crippen LogP contribution in [0.1, 0.15) is 73.6 Å². The second-order valence-electron chi connectivity index (χ2n) is 7.35. The fourth-order valence-corrected chi connectivity index (χ4v) is 4.12. The zero-order valence-electron chi connectivity index (χ0n) is 12.3. The molecule has 1 aliphatic carbocycles. The molecule has 0 N–H and O–H groups in total. The molecule has 1 aliphatic rings. The van der Waals surface area contributed by atoms with E-state index in [1.807, 2.05) is 0 Å². The van der Waals surface area contributed by atoms with Gasteiger partial charge in [0.05, 0.1) is 0 Å². The van der Waals surface area contributed by atoms with Gasteiger partial charge in [0, 0.05) is 0 Å². The Balaban J connectivity index is 2.81. The van der Waals surface area contributed by atoms with Crippen LogP contribution >= 0.6 is 0 Å². The molecular weight excluding hydrogens is 192 g/mol. The fraction of sp³-hybridized carbons (Fsp3) is 1.00. The van der Waals surface area contributed by atoms with Gasteiger partial charge in [-0.25, -0.2) is 0 Å². The third kappa shape index (κ3) is 3.50. The van der Waals surface area contributed by atoms with E-state index in [4.69, 9.17) is 0 Å². The van der Waals surface area contributed by atoms with Crippen molar-refractivity contribution < 1.29 is 0 Å². The molecule has 0 aromatic heterocycles. The lowest BCUT2D eigenvalue weighted by molar-refractivity contribution is 0.0295. The topological polar surface area (TPSA) is 0 Å². The monoisotopic (exact) mass is 224 g/mol. The zero-order chi connectivity index (χ0) is 12.3. The summed E-state index contributed by atoms with van der Waals surface area (Å²) < 4.78 is 0. The van der Waals surface area contributed by atoms with Gasteiger partial charge < -0.3 is 0 Å². The highest BCUT2D eigenvalue weighted by Crippen LogP contribution is 2.51. The molecule has 2 unspecified atom stereocenters. The summed E-state index contributed by atoms with van der Waals surface area (Å²) in [5.41, 5.74) is 0.653. The molecule has 0 nitrogen and oxygen atoms in total. The molecule has 1 saturated carbocycles. The Morgan fingerprint density at radius 3 is 1.88 bits per heavy atom. The van der Waals surface area contributed by atoms with Crippen LogP contribution in [-0.2, 0) is 0 Å². The molecule has 2 atom stereocenters. The Kier molecular flexibility index (Phi) is 4.88. The first-order chi connectivity index (χ1) is 7.35. The van der Waals surface area contributed by atoms with Crippen molar-refractivity contribution >= 4 is 0 Å². The van der Waals surface area contributed by atoms with Crippen molar-refractivity contribution in [3.63, 3.8) is 0 Å². The van der Waals surface area contributed by atoms with Gasteiger partial charge in [0.25, 0.3) is 0 Å². The third-order valence-corrected chi connectivity index (χ3v) is 4.52. The van der Waals surface area contributed by atoms with Gasteiger partial charge >= 0.3 is 0 Å². The molecular formula is C16H32. The van der Waals surface area contributed by atoms with Crippen LogP contribution in [0.4, 0.5) is 0 Å². The van der Waals surface area contributed by atoms with Gasteiger partial charge in [0.15, 0.2) is 0 Å². The molecule has 0 spiro atoms. The molecule has 1 fully saturated rings. The molecule has 0 radical (unpaired) electrons. The van der Waals surface area contributed by atoms with Crippen LogP contribution in [0.3, 0.4) is 0 Å². The molecule has 0 amide bonds. The SMILES string of the molecule is CC(C)CC1(CC(C)C)CC(C)CCC1C. The Morgan fingerprint density at radius 1 is 0.938 bits per heavy atom. The number of hydrogen-bond acceptors (Lipinski definition) is 0. The van der Waals surface area contributed by atoms with E-state index in [1.165, 1.54) is 32.1 Å². The van der Waals surface area contributed by atoms with Crippen LogP contribution in [0.25, 0.3) is 0 Å². The number of rotatable bonds is 4. The average molecular weight is 224 g/mol. The zero-order valence-corrected chi connectivity index (χ0v) is 12.3. The largest absolute Gasteiger partial charge is 0.0628 e. The summed E-state index contributed by atoms with van der Waals surface area (Å²) in [7, 11) is 0. The van der Waals surface area contributed by atoms with Crippen molar-refractivity contribution in [1.29, 1.82) is 0 Å². The van der Waals surface area contributed by atoms with Crippen molar-refractivity contribution in [1.82, 2.24) is 0 Å². The van der Waals surface area contributed by atoms with Crippen LogP contribution in [0.5, 0.6) is 0 Å². The van der Waals surface area contributed by atoms with Crippen molar-refractivity contribution in [3.05, 3.63) is 0 Å². The fourth-order valence-electron chi connectivity index (χ4n) is 4.12. The maximum Gasteiger partial charge on any atom is -0.0264 e. The van der Waals surface area contributed by atoms with Gasteiger partial charge in [-0.1, -0.05) is 48.0 Å². The van der Waals surface area contributed by atoms with E-state index < -0.39 is 0 Å². The predicted molar refractivity (Wildman–Crippen MR) is 73.5 cm³/mol. The molecule has 0 heterocycles. The van der Waals surface area contributed by atoms with E-state index in [0.29, 0.717) is 5.41 Å². The highest BCUT2D eigenvalue weighted by molar-refractivity contribution is 4.91. The Labute approximate surface area is 103 Å². The summed E-state index contributed by atoms with van der Waals surface area (Å²) in [6.07, 6.45) is 7.28. The van der Waals surface area contributed by atoms with Gasteiger partial charge in [-0.2, -0.15) is 0 Å². The maximum atomic E-state index is 2.51. The summed E-state index contributed by atoms with van der Waals surface area (Å²) in [5.74, 6) is 3.60. The van der Waals surface area contributed by atoms with E-state index in [9.17, 15) is 0 Å². The smallest absolute Gasteiger partial charge is 0.0264 e. The normalized spacial score (nSPS) is 30.0. The van der Waals surface area contributed by atoms with Crippen LogP contribution in [-0.4, -0.2) is 0 Å². The van der Waals surface area contributed by atoms with E-state index in [1.54, 1.807) is 0 Å². The summed E-state index contributed by atoms with van der Waals surface area (Å²) in [6, 6.07) is 0. The highest BCUT2D eigenvalue weighted by Gasteiger charge is 2.40. The minimum absolute atomic E-state index is 0.653. The summed E-state index contributed by atoms with van der Waals surface area (Å²) in [4.78, 5) is 0. The molecule has 0 heteroatoms. The van der Waals surface area contributed by atoms with Crippen molar-refractivity contribution in [2.24, 2.45) is 29.1 Å². The second kappa shape index (κ2) is 5.56. The molecule has 0 aromatic carbocycles. The van der Waals surface area contributed by atoms with Crippen LogP contribution < -0.4 is 0 Å². The highest BCUT2D eigenvalue weighted by atomic mass is 14.5. The van der Waals surface area contributed by atoms with Gasteiger partial charge in [-0.05, 0) is 54.8 Å². The maximum absolute atomic E-state index is 2.51. The molecule has 0 aromatic rings. The van der Waals surface area contributed by atoms with Crippen molar-refractivity contribution in [2.45, 2.75) is 73.6 Å². The van der Waals surface area contributed by atoms with Gasteiger partial charge in [0.1, 0.15) is 0 Å². The first kappa shape index (κ1) is 14.1. The molecule has 0 bridgehead atoms. The molecule has 96 valence electrons. The van der Waals surface area contributed by atoms with Crippen LogP contribution in [0, 0.1) is 29.1 Å². The van der Waals surface area contributed by atoms with E-state index in [-0.39, 0.29) is 0 Å². The quantitative estimate of drug-likeness (QED) is 0.589. The van der Waals surface area contributed by atoms with Gasteiger partial charge in [-0.15, -0.1) is 0 Å².